The summed E-state index contributed by atoms with van der Waals surface area (Å²) in [7, 11) is 0. The van der Waals surface area contributed by atoms with E-state index >= 15 is 0 Å². The third-order valence-electron chi connectivity index (χ3n) is 3.72. The Morgan fingerprint density at radius 3 is 2.50 bits per heavy atom. The van der Waals surface area contributed by atoms with Gasteiger partial charge < -0.3 is 14.7 Å². The van der Waals surface area contributed by atoms with Gasteiger partial charge >= 0.3 is 0 Å². The number of aliphatic hydroxyl groups excluding tert-OH is 1. The Morgan fingerprint density at radius 2 is 1.91 bits per heavy atom. The van der Waals surface area contributed by atoms with Crippen molar-refractivity contribution in [2.24, 2.45) is 0 Å². The van der Waals surface area contributed by atoms with Gasteiger partial charge in [-0.15, -0.1) is 0 Å². The maximum absolute atomic E-state index is 10.1. The first-order chi connectivity index (χ1) is 10.3. The molecule has 1 aliphatic heterocycles. The third kappa shape index (κ3) is 5.76. The number of ether oxygens (including phenoxy) is 1. The lowest BCUT2D eigenvalue weighted by Gasteiger charge is -2.37. The van der Waals surface area contributed by atoms with Gasteiger partial charge in [-0.1, -0.05) is 17.7 Å². The van der Waals surface area contributed by atoms with E-state index in [9.17, 15) is 5.11 Å². The highest BCUT2D eigenvalue weighted by Gasteiger charge is 2.21. The SMILES string of the molecule is CC(C)(C)OCC(O)CN1CCN(c2cccc(Cl)c2)CC1. The second kappa shape index (κ2) is 7.64. The Balaban J connectivity index is 1.75. The predicted octanol–water partition coefficient (Wildman–Crippen LogP) is 2.64. The second-order valence-electron chi connectivity index (χ2n) is 6.84. The minimum absolute atomic E-state index is 0.202. The number of piperazine rings is 1. The van der Waals surface area contributed by atoms with E-state index in [0.717, 1.165) is 31.2 Å². The summed E-state index contributed by atoms with van der Waals surface area (Å²) in [5, 5.41) is 10.9. The number of hydrogen-bond donors (Lipinski definition) is 1. The maximum atomic E-state index is 10.1. The second-order valence-corrected chi connectivity index (χ2v) is 7.28. The van der Waals surface area contributed by atoms with Crippen LogP contribution in [0.2, 0.25) is 5.02 Å². The molecule has 1 aromatic rings. The molecule has 1 aromatic carbocycles. The van der Waals surface area contributed by atoms with Gasteiger partial charge in [-0.3, -0.25) is 4.90 Å². The highest BCUT2D eigenvalue weighted by Crippen LogP contribution is 2.20. The molecule has 4 nitrogen and oxygen atoms in total. The summed E-state index contributed by atoms with van der Waals surface area (Å²) < 4.78 is 5.63. The first kappa shape index (κ1) is 17.5. The van der Waals surface area contributed by atoms with Crippen LogP contribution in [0.1, 0.15) is 20.8 Å². The molecule has 124 valence electrons. The molecule has 1 heterocycles. The van der Waals surface area contributed by atoms with Crippen molar-refractivity contribution in [3.63, 3.8) is 0 Å². The van der Waals surface area contributed by atoms with Gasteiger partial charge in [0.15, 0.2) is 0 Å². The van der Waals surface area contributed by atoms with Crippen LogP contribution < -0.4 is 4.90 Å². The minimum Gasteiger partial charge on any atom is -0.389 e. The van der Waals surface area contributed by atoms with Gasteiger partial charge in [-0.05, 0) is 39.0 Å². The van der Waals surface area contributed by atoms with Gasteiger partial charge in [0.2, 0.25) is 0 Å². The van der Waals surface area contributed by atoms with Crippen LogP contribution in [0.15, 0.2) is 24.3 Å². The Bertz CT molecular complexity index is 468. The Labute approximate surface area is 138 Å². The normalized spacial score (nSPS) is 18.5. The molecule has 22 heavy (non-hydrogen) atoms. The van der Waals surface area contributed by atoms with E-state index in [-0.39, 0.29) is 5.60 Å². The van der Waals surface area contributed by atoms with Crippen molar-refractivity contribution in [3.05, 3.63) is 29.3 Å². The molecule has 0 saturated carbocycles. The third-order valence-corrected chi connectivity index (χ3v) is 3.96. The summed E-state index contributed by atoms with van der Waals surface area (Å²) in [5.41, 5.74) is 0.968. The van der Waals surface area contributed by atoms with E-state index in [1.807, 2.05) is 39.0 Å². The van der Waals surface area contributed by atoms with Crippen LogP contribution in [0.4, 0.5) is 5.69 Å². The van der Waals surface area contributed by atoms with Crippen LogP contribution >= 0.6 is 11.6 Å². The first-order valence-electron chi connectivity index (χ1n) is 7.88. The van der Waals surface area contributed by atoms with E-state index in [1.54, 1.807) is 0 Å². The molecule has 0 aliphatic carbocycles. The standard InChI is InChI=1S/C17H27ClN2O2/c1-17(2,3)22-13-16(21)12-19-7-9-20(10-8-19)15-6-4-5-14(18)11-15/h4-6,11,16,21H,7-10,12-13H2,1-3H3. The Hall–Kier alpha value is -0.810. The number of anilines is 1. The minimum atomic E-state index is -0.433. The average molecular weight is 327 g/mol. The molecule has 1 aliphatic rings. The topological polar surface area (TPSA) is 35.9 Å². The van der Waals surface area contributed by atoms with Gasteiger partial charge in [0.05, 0.1) is 18.3 Å². The monoisotopic (exact) mass is 326 g/mol. The highest BCUT2D eigenvalue weighted by molar-refractivity contribution is 6.30. The van der Waals surface area contributed by atoms with Crippen LogP contribution in [0.25, 0.3) is 0 Å². The molecule has 1 fully saturated rings. The lowest BCUT2D eigenvalue weighted by atomic mass is 10.2. The fourth-order valence-corrected chi connectivity index (χ4v) is 2.74. The number of aliphatic hydroxyl groups is 1. The molecule has 5 heteroatoms. The molecule has 0 bridgehead atoms. The van der Waals surface area contributed by atoms with E-state index in [1.165, 1.54) is 5.69 Å². The molecule has 2 rings (SSSR count). The molecule has 1 atom stereocenters. The molecule has 1 saturated heterocycles. The lowest BCUT2D eigenvalue weighted by Crippen LogP contribution is -2.49. The summed E-state index contributed by atoms with van der Waals surface area (Å²) in [6, 6.07) is 7.97. The number of hydrogen-bond acceptors (Lipinski definition) is 4. The average Bonchev–Trinajstić information content (AvgIpc) is 2.45. The molecular formula is C17H27ClN2O2. The zero-order valence-electron chi connectivity index (χ0n) is 13.8. The van der Waals surface area contributed by atoms with Crippen molar-refractivity contribution in [1.29, 1.82) is 0 Å². The van der Waals surface area contributed by atoms with E-state index < -0.39 is 6.10 Å². The van der Waals surface area contributed by atoms with Gasteiger partial charge in [-0.25, -0.2) is 0 Å². The summed E-state index contributed by atoms with van der Waals surface area (Å²) in [5.74, 6) is 0. The smallest absolute Gasteiger partial charge is 0.0900 e. The summed E-state index contributed by atoms with van der Waals surface area (Å²) in [4.78, 5) is 4.62. The fraction of sp³-hybridized carbons (Fsp3) is 0.647. The zero-order chi connectivity index (χ0) is 16.2. The Morgan fingerprint density at radius 1 is 1.23 bits per heavy atom. The van der Waals surface area contributed by atoms with Crippen LogP contribution in [-0.2, 0) is 4.74 Å². The molecule has 0 radical (unpaired) electrons. The van der Waals surface area contributed by atoms with Crippen LogP contribution in [0.5, 0.6) is 0 Å². The van der Waals surface area contributed by atoms with Crippen molar-refractivity contribution < 1.29 is 9.84 Å². The van der Waals surface area contributed by atoms with Crippen molar-refractivity contribution in [2.75, 3.05) is 44.2 Å². The Kier molecular flexibility index (Phi) is 6.09. The van der Waals surface area contributed by atoms with Gasteiger partial charge in [-0.2, -0.15) is 0 Å². The van der Waals surface area contributed by atoms with Gasteiger partial charge in [0, 0.05) is 43.4 Å². The predicted molar refractivity (Wildman–Crippen MR) is 91.8 cm³/mol. The molecule has 0 aromatic heterocycles. The summed E-state index contributed by atoms with van der Waals surface area (Å²) in [6.45, 7) is 10.9. The zero-order valence-corrected chi connectivity index (χ0v) is 14.5. The van der Waals surface area contributed by atoms with Crippen LogP contribution in [0, 0.1) is 0 Å². The molecule has 1 unspecified atom stereocenters. The molecule has 0 amide bonds. The number of benzene rings is 1. The van der Waals surface area contributed by atoms with Crippen molar-refractivity contribution in [1.82, 2.24) is 4.90 Å². The van der Waals surface area contributed by atoms with E-state index in [4.69, 9.17) is 16.3 Å². The number of β-amino-alcohol motifs (C(OH)–C–C–N with tert-alkyl or cyclic N) is 1. The van der Waals surface area contributed by atoms with E-state index in [2.05, 4.69) is 15.9 Å². The quantitative estimate of drug-likeness (QED) is 0.902. The maximum Gasteiger partial charge on any atom is 0.0900 e. The first-order valence-corrected chi connectivity index (χ1v) is 8.26. The largest absolute Gasteiger partial charge is 0.389 e. The van der Waals surface area contributed by atoms with Crippen LogP contribution in [-0.4, -0.2) is 61.0 Å². The van der Waals surface area contributed by atoms with Crippen molar-refractivity contribution in [2.45, 2.75) is 32.5 Å². The summed E-state index contributed by atoms with van der Waals surface area (Å²) >= 11 is 6.05. The van der Waals surface area contributed by atoms with Crippen molar-refractivity contribution in [3.8, 4) is 0 Å². The molecular weight excluding hydrogens is 300 g/mol. The molecule has 1 N–H and O–H groups in total. The van der Waals surface area contributed by atoms with Crippen LogP contribution in [0.3, 0.4) is 0 Å². The van der Waals surface area contributed by atoms with Gasteiger partial charge in [0.25, 0.3) is 0 Å². The van der Waals surface area contributed by atoms with Gasteiger partial charge in [0.1, 0.15) is 0 Å². The number of nitrogens with zero attached hydrogens (tertiary/aromatic N) is 2. The fourth-order valence-electron chi connectivity index (χ4n) is 2.56. The van der Waals surface area contributed by atoms with E-state index in [0.29, 0.717) is 13.2 Å². The molecule has 0 spiro atoms. The number of halogens is 1. The highest BCUT2D eigenvalue weighted by atomic mass is 35.5. The van der Waals surface area contributed by atoms with Crippen molar-refractivity contribution >= 4 is 17.3 Å². The lowest BCUT2D eigenvalue weighted by molar-refractivity contribution is -0.0563. The number of rotatable bonds is 5. The summed E-state index contributed by atoms with van der Waals surface area (Å²) in [6.07, 6.45) is -0.433.